The van der Waals surface area contributed by atoms with Crippen LogP contribution in [0.5, 0.6) is 11.5 Å². The van der Waals surface area contributed by atoms with Gasteiger partial charge < -0.3 is 25.2 Å². The normalized spacial score (nSPS) is 11.7. The Kier molecular flexibility index (Phi) is 6.70. The lowest BCUT2D eigenvalue weighted by Gasteiger charge is -2.14. The van der Waals surface area contributed by atoms with Crippen molar-refractivity contribution in [3.05, 3.63) is 24.3 Å². The molecule has 1 amide bonds. The van der Waals surface area contributed by atoms with Gasteiger partial charge in [-0.2, -0.15) is 0 Å². The molecule has 1 atom stereocenters. The Bertz CT molecular complexity index is 398. The second-order valence-corrected chi connectivity index (χ2v) is 3.92. The van der Waals surface area contributed by atoms with Gasteiger partial charge in [-0.05, 0) is 12.1 Å². The monoisotopic (exact) mass is 268 g/mol. The van der Waals surface area contributed by atoms with Crippen LogP contribution in [0.25, 0.3) is 0 Å². The smallest absolute Gasteiger partial charge is 0.233 e. The topological polar surface area (TPSA) is 79.8 Å². The second-order valence-electron chi connectivity index (χ2n) is 3.92. The van der Waals surface area contributed by atoms with Gasteiger partial charge >= 0.3 is 0 Å². The van der Waals surface area contributed by atoms with Crippen LogP contribution in [0.3, 0.4) is 0 Å². The molecule has 1 aromatic carbocycles. The zero-order valence-corrected chi connectivity index (χ0v) is 11.2. The van der Waals surface area contributed by atoms with Crippen LogP contribution in [0, 0.1) is 0 Å². The predicted octanol–water partition coefficient (Wildman–Crippen LogP) is -0.229. The maximum Gasteiger partial charge on any atom is 0.233 e. The number of hydrogen-bond acceptors (Lipinski definition) is 5. The summed E-state index contributed by atoms with van der Waals surface area (Å²) in [5.74, 6) is 1.07. The molecule has 1 unspecified atom stereocenters. The van der Waals surface area contributed by atoms with E-state index < -0.39 is 6.10 Å². The molecule has 0 aliphatic heterocycles. The first-order valence-electron chi connectivity index (χ1n) is 6.02. The van der Waals surface area contributed by atoms with Crippen molar-refractivity contribution in [1.82, 2.24) is 10.6 Å². The van der Waals surface area contributed by atoms with Crippen molar-refractivity contribution in [2.75, 3.05) is 33.9 Å². The van der Waals surface area contributed by atoms with Gasteiger partial charge in [0.15, 0.2) is 11.5 Å². The van der Waals surface area contributed by atoms with Crippen molar-refractivity contribution in [1.29, 1.82) is 0 Å². The molecule has 0 spiro atoms. The highest BCUT2D eigenvalue weighted by Gasteiger charge is 2.08. The molecule has 19 heavy (non-hydrogen) atoms. The zero-order chi connectivity index (χ0) is 14.1. The summed E-state index contributed by atoms with van der Waals surface area (Å²) in [5.41, 5.74) is 0. The number of likely N-dealkylation sites (N-methyl/N-ethyl adjacent to an activating group) is 1. The zero-order valence-electron chi connectivity index (χ0n) is 11.2. The van der Waals surface area contributed by atoms with E-state index in [2.05, 4.69) is 10.6 Å². The number of benzene rings is 1. The van der Waals surface area contributed by atoms with Crippen molar-refractivity contribution in [2.24, 2.45) is 0 Å². The molecule has 1 aromatic rings. The molecular formula is C13H20N2O4. The molecule has 0 aromatic heterocycles. The van der Waals surface area contributed by atoms with Gasteiger partial charge in [-0.1, -0.05) is 12.1 Å². The maximum absolute atomic E-state index is 11.0. The molecule has 106 valence electrons. The number of aliphatic hydroxyl groups excluding tert-OH is 1. The van der Waals surface area contributed by atoms with Gasteiger partial charge in [-0.25, -0.2) is 0 Å². The minimum absolute atomic E-state index is 0.126. The molecule has 0 saturated heterocycles. The SMILES string of the molecule is CNC(=O)CNCC(O)COc1ccccc1OC. The highest BCUT2D eigenvalue weighted by Crippen LogP contribution is 2.25. The van der Waals surface area contributed by atoms with E-state index in [0.29, 0.717) is 11.5 Å². The lowest BCUT2D eigenvalue weighted by molar-refractivity contribution is -0.119. The Hall–Kier alpha value is -1.79. The van der Waals surface area contributed by atoms with Gasteiger partial charge in [0, 0.05) is 13.6 Å². The van der Waals surface area contributed by atoms with Gasteiger partial charge in [0.2, 0.25) is 5.91 Å². The van der Waals surface area contributed by atoms with Crippen LogP contribution in [-0.2, 0) is 4.79 Å². The van der Waals surface area contributed by atoms with Crippen LogP contribution in [0.2, 0.25) is 0 Å². The molecule has 0 heterocycles. The van der Waals surface area contributed by atoms with Crippen LogP contribution < -0.4 is 20.1 Å². The highest BCUT2D eigenvalue weighted by atomic mass is 16.5. The Morgan fingerprint density at radius 3 is 2.68 bits per heavy atom. The van der Waals surface area contributed by atoms with E-state index in [1.807, 2.05) is 12.1 Å². The van der Waals surface area contributed by atoms with E-state index in [0.717, 1.165) is 0 Å². The Balaban J connectivity index is 2.29. The quantitative estimate of drug-likeness (QED) is 0.607. The van der Waals surface area contributed by atoms with Gasteiger partial charge in [-0.15, -0.1) is 0 Å². The van der Waals surface area contributed by atoms with Gasteiger partial charge in [0.25, 0.3) is 0 Å². The Labute approximate surface area is 112 Å². The van der Waals surface area contributed by atoms with E-state index in [-0.39, 0.29) is 25.6 Å². The average molecular weight is 268 g/mol. The minimum atomic E-state index is -0.699. The molecule has 0 fully saturated rings. The lowest BCUT2D eigenvalue weighted by atomic mass is 10.3. The Morgan fingerprint density at radius 1 is 1.37 bits per heavy atom. The van der Waals surface area contributed by atoms with E-state index in [4.69, 9.17) is 9.47 Å². The molecule has 1 rings (SSSR count). The number of rotatable bonds is 8. The van der Waals surface area contributed by atoms with Crippen molar-refractivity contribution in [2.45, 2.75) is 6.10 Å². The van der Waals surface area contributed by atoms with Crippen molar-refractivity contribution >= 4 is 5.91 Å². The number of methoxy groups -OCH3 is 1. The summed E-state index contributed by atoms with van der Waals surface area (Å²) < 4.78 is 10.6. The van der Waals surface area contributed by atoms with Crippen molar-refractivity contribution in [3.8, 4) is 11.5 Å². The first-order chi connectivity index (χ1) is 9.17. The first kappa shape index (κ1) is 15.3. The fraction of sp³-hybridized carbons (Fsp3) is 0.462. The number of nitrogens with one attached hydrogen (secondary N) is 2. The summed E-state index contributed by atoms with van der Waals surface area (Å²) in [6, 6.07) is 7.22. The number of ether oxygens (including phenoxy) is 2. The number of amides is 1. The summed E-state index contributed by atoms with van der Waals surface area (Å²) in [6.07, 6.45) is -0.699. The third kappa shape index (κ3) is 5.58. The molecule has 3 N–H and O–H groups in total. The molecule has 6 heteroatoms. The molecule has 0 radical (unpaired) electrons. The molecule has 0 aliphatic rings. The number of hydrogen-bond donors (Lipinski definition) is 3. The van der Waals surface area contributed by atoms with Crippen LogP contribution in [0.15, 0.2) is 24.3 Å². The largest absolute Gasteiger partial charge is 0.493 e. The summed E-state index contributed by atoms with van der Waals surface area (Å²) in [6.45, 7) is 0.575. The predicted molar refractivity (Wildman–Crippen MR) is 71.4 cm³/mol. The van der Waals surface area contributed by atoms with Gasteiger partial charge in [0.1, 0.15) is 12.7 Å². The molecule has 0 aliphatic carbocycles. The van der Waals surface area contributed by atoms with E-state index in [1.54, 1.807) is 26.3 Å². The van der Waals surface area contributed by atoms with Crippen LogP contribution in [0.4, 0.5) is 0 Å². The van der Waals surface area contributed by atoms with Crippen LogP contribution in [0.1, 0.15) is 0 Å². The molecular weight excluding hydrogens is 248 g/mol. The maximum atomic E-state index is 11.0. The molecule has 0 saturated carbocycles. The van der Waals surface area contributed by atoms with Crippen molar-refractivity contribution in [3.63, 3.8) is 0 Å². The van der Waals surface area contributed by atoms with E-state index in [1.165, 1.54) is 0 Å². The third-order valence-electron chi connectivity index (χ3n) is 2.44. The summed E-state index contributed by atoms with van der Waals surface area (Å²) >= 11 is 0. The van der Waals surface area contributed by atoms with Crippen LogP contribution in [-0.4, -0.2) is 51.0 Å². The molecule has 0 bridgehead atoms. The van der Waals surface area contributed by atoms with E-state index >= 15 is 0 Å². The first-order valence-corrected chi connectivity index (χ1v) is 6.02. The number of aliphatic hydroxyl groups is 1. The van der Waals surface area contributed by atoms with Gasteiger partial charge in [0.05, 0.1) is 13.7 Å². The van der Waals surface area contributed by atoms with Crippen LogP contribution >= 0.6 is 0 Å². The summed E-state index contributed by atoms with van der Waals surface area (Å²) in [7, 11) is 3.12. The number of para-hydroxylation sites is 2. The standard InChI is InChI=1S/C13H20N2O4/c1-14-13(17)8-15-7-10(16)9-19-12-6-4-3-5-11(12)18-2/h3-6,10,15-16H,7-9H2,1-2H3,(H,14,17). The fourth-order valence-electron chi connectivity index (χ4n) is 1.42. The lowest BCUT2D eigenvalue weighted by Crippen LogP contribution is -2.37. The highest BCUT2D eigenvalue weighted by molar-refractivity contribution is 5.77. The minimum Gasteiger partial charge on any atom is -0.493 e. The van der Waals surface area contributed by atoms with Crippen molar-refractivity contribution < 1.29 is 19.4 Å². The third-order valence-corrected chi connectivity index (χ3v) is 2.44. The Morgan fingerprint density at radius 2 is 2.05 bits per heavy atom. The van der Waals surface area contributed by atoms with Gasteiger partial charge in [-0.3, -0.25) is 4.79 Å². The fourth-order valence-corrected chi connectivity index (χ4v) is 1.42. The summed E-state index contributed by atoms with van der Waals surface area (Å²) in [4.78, 5) is 11.0. The second kappa shape index (κ2) is 8.34. The van der Waals surface area contributed by atoms with E-state index in [9.17, 15) is 9.90 Å². The number of carbonyl (C=O) groups is 1. The average Bonchev–Trinajstić information content (AvgIpc) is 2.45. The summed E-state index contributed by atoms with van der Waals surface area (Å²) in [5, 5.41) is 15.0. The number of carbonyl (C=O) groups excluding carboxylic acids is 1. The molecule has 6 nitrogen and oxygen atoms in total.